The van der Waals surface area contributed by atoms with Crippen LogP contribution in [-0.2, 0) is 16.6 Å². The molecule has 21 heavy (non-hydrogen) atoms. The standard InChI is InChI=1S/C12H13FN4O2S2/c13-11-3-2-9(8-10(11)12(14)20)21(18,19)16-5-7-17-6-1-4-15-17/h1-4,6,8,16H,5,7H2,(H2,14,20). The zero-order valence-electron chi connectivity index (χ0n) is 10.9. The topological polar surface area (TPSA) is 90.0 Å². The fraction of sp³-hybridized carbons (Fsp3) is 0.167. The first kappa shape index (κ1) is 15.5. The first-order valence-corrected chi connectivity index (χ1v) is 7.86. The van der Waals surface area contributed by atoms with Crippen LogP contribution < -0.4 is 10.5 Å². The lowest BCUT2D eigenvalue weighted by Gasteiger charge is -2.09. The Balaban J connectivity index is 2.12. The maximum atomic E-state index is 13.5. The van der Waals surface area contributed by atoms with E-state index in [1.54, 1.807) is 23.1 Å². The second-order valence-corrected chi connectivity index (χ2v) is 6.38. The van der Waals surface area contributed by atoms with E-state index in [1.165, 1.54) is 0 Å². The summed E-state index contributed by atoms with van der Waals surface area (Å²) in [4.78, 5) is -0.284. The van der Waals surface area contributed by atoms with E-state index in [2.05, 4.69) is 22.0 Å². The largest absolute Gasteiger partial charge is 0.389 e. The fourth-order valence-corrected chi connectivity index (χ4v) is 2.87. The van der Waals surface area contributed by atoms with Gasteiger partial charge in [-0.15, -0.1) is 0 Å². The van der Waals surface area contributed by atoms with Crippen LogP contribution in [0, 0.1) is 5.82 Å². The molecule has 0 saturated carbocycles. The van der Waals surface area contributed by atoms with Gasteiger partial charge >= 0.3 is 0 Å². The number of benzene rings is 1. The molecule has 0 aliphatic carbocycles. The van der Waals surface area contributed by atoms with Gasteiger partial charge in [0.15, 0.2) is 0 Å². The number of thiocarbonyl (C=S) groups is 1. The Bertz CT molecular complexity index is 745. The van der Waals surface area contributed by atoms with Crippen LogP contribution in [0.2, 0.25) is 0 Å². The Morgan fingerprint density at radius 2 is 2.24 bits per heavy atom. The highest BCUT2D eigenvalue weighted by Crippen LogP contribution is 2.15. The first-order valence-electron chi connectivity index (χ1n) is 5.96. The summed E-state index contributed by atoms with van der Waals surface area (Å²) < 4.78 is 41.6. The van der Waals surface area contributed by atoms with Crippen molar-refractivity contribution in [1.82, 2.24) is 14.5 Å². The maximum absolute atomic E-state index is 13.5. The summed E-state index contributed by atoms with van der Waals surface area (Å²) in [6.07, 6.45) is 3.32. The average Bonchev–Trinajstić information content (AvgIpc) is 2.91. The molecule has 6 nitrogen and oxygen atoms in total. The fourth-order valence-electron chi connectivity index (χ4n) is 1.67. The average molecular weight is 328 g/mol. The summed E-state index contributed by atoms with van der Waals surface area (Å²) in [6, 6.07) is 5.04. The van der Waals surface area contributed by atoms with Crippen molar-refractivity contribution < 1.29 is 12.8 Å². The molecule has 2 rings (SSSR count). The summed E-state index contributed by atoms with van der Waals surface area (Å²) in [7, 11) is -3.76. The highest BCUT2D eigenvalue weighted by atomic mass is 32.2. The van der Waals surface area contributed by atoms with Crippen molar-refractivity contribution in [3.05, 3.63) is 48.0 Å². The molecule has 1 aromatic heterocycles. The summed E-state index contributed by atoms with van der Waals surface area (Å²) in [5.41, 5.74) is 5.26. The lowest BCUT2D eigenvalue weighted by atomic mass is 10.2. The molecule has 0 saturated heterocycles. The molecule has 2 aromatic rings. The Labute approximate surface area is 126 Å². The third-order valence-corrected chi connectivity index (χ3v) is 4.38. The molecule has 112 valence electrons. The zero-order valence-corrected chi connectivity index (χ0v) is 12.5. The van der Waals surface area contributed by atoms with Crippen LogP contribution in [0.4, 0.5) is 4.39 Å². The van der Waals surface area contributed by atoms with Crippen LogP contribution in [0.5, 0.6) is 0 Å². The molecule has 0 spiro atoms. The number of sulfonamides is 1. The van der Waals surface area contributed by atoms with E-state index in [-0.39, 0.29) is 22.0 Å². The van der Waals surface area contributed by atoms with Crippen LogP contribution in [0.25, 0.3) is 0 Å². The van der Waals surface area contributed by atoms with Crippen molar-refractivity contribution in [2.45, 2.75) is 11.4 Å². The Morgan fingerprint density at radius 1 is 1.48 bits per heavy atom. The van der Waals surface area contributed by atoms with E-state index in [0.29, 0.717) is 6.54 Å². The van der Waals surface area contributed by atoms with E-state index < -0.39 is 15.8 Å². The minimum Gasteiger partial charge on any atom is -0.389 e. The number of rotatable bonds is 6. The number of hydrogen-bond acceptors (Lipinski definition) is 4. The van der Waals surface area contributed by atoms with Crippen molar-refractivity contribution in [1.29, 1.82) is 0 Å². The molecule has 3 N–H and O–H groups in total. The van der Waals surface area contributed by atoms with Crippen molar-refractivity contribution in [2.75, 3.05) is 6.54 Å². The molecule has 0 aliphatic heterocycles. The molecule has 1 heterocycles. The van der Waals surface area contributed by atoms with Crippen LogP contribution >= 0.6 is 12.2 Å². The highest BCUT2D eigenvalue weighted by molar-refractivity contribution is 7.89. The molecule has 0 unspecified atom stereocenters. The lowest BCUT2D eigenvalue weighted by Crippen LogP contribution is -2.28. The molecule has 0 fully saturated rings. The van der Waals surface area contributed by atoms with E-state index in [9.17, 15) is 12.8 Å². The number of nitrogens with one attached hydrogen (secondary N) is 1. The number of aromatic nitrogens is 2. The van der Waals surface area contributed by atoms with E-state index >= 15 is 0 Å². The quantitative estimate of drug-likeness (QED) is 0.759. The molecule has 0 radical (unpaired) electrons. The molecule has 9 heteroatoms. The van der Waals surface area contributed by atoms with Gasteiger partial charge < -0.3 is 5.73 Å². The summed E-state index contributed by atoms with van der Waals surface area (Å²) in [5.74, 6) is -0.655. The Kier molecular flexibility index (Phi) is 4.66. The van der Waals surface area contributed by atoms with Crippen LogP contribution in [0.15, 0.2) is 41.6 Å². The van der Waals surface area contributed by atoms with E-state index in [0.717, 1.165) is 18.2 Å². The van der Waals surface area contributed by atoms with Crippen molar-refractivity contribution >= 4 is 27.2 Å². The third-order valence-electron chi connectivity index (χ3n) is 2.71. The van der Waals surface area contributed by atoms with E-state index in [4.69, 9.17) is 5.73 Å². The number of hydrogen-bond donors (Lipinski definition) is 2. The van der Waals surface area contributed by atoms with E-state index in [1.807, 2.05) is 0 Å². The van der Waals surface area contributed by atoms with Gasteiger partial charge in [0.2, 0.25) is 10.0 Å². The minimum atomic E-state index is -3.76. The molecule has 0 atom stereocenters. The number of nitrogens with two attached hydrogens (primary N) is 1. The third kappa shape index (κ3) is 3.84. The molecular weight excluding hydrogens is 315 g/mol. The van der Waals surface area contributed by atoms with Crippen LogP contribution in [-0.4, -0.2) is 29.7 Å². The van der Waals surface area contributed by atoms with Gasteiger partial charge in [0.05, 0.1) is 11.4 Å². The predicted molar refractivity (Wildman–Crippen MR) is 79.7 cm³/mol. The van der Waals surface area contributed by atoms with Gasteiger partial charge in [0.25, 0.3) is 0 Å². The maximum Gasteiger partial charge on any atom is 0.240 e. The molecule has 0 amide bonds. The van der Waals surface area contributed by atoms with Crippen molar-refractivity contribution in [3.63, 3.8) is 0 Å². The monoisotopic (exact) mass is 328 g/mol. The zero-order chi connectivity index (χ0) is 15.5. The smallest absolute Gasteiger partial charge is 0.240 e. The van der Waals surface area contributed by atoms with Crippen LogP contribution in [0.1, 0.15) is 5.56 Å². The predicted octanol–water partition coefficient (Wildman–Crippen LogP) is 0.635. The second kappa shape index (κ2) is 6.29. The summed E-state index contributed by atoms with van der Waals surface area (Å²) in [6.45, 7) is 0.541. The minimum absolute atomic E-state index is 0.0906. The van der Waals surface area contributed by atoms with Crippen LogP contribution in [0.3, 0.4) is 0 Å². The summed E-state index contributed by atoms with van der Waals surface area (Å²) in [5, 5.41) is 3.96. The SMILES string of the molecule is NC(=S)c1cc(S(=O)(=O)NCCn2cccn2)ccc1F. The van der Waals surface area contributed by atoms with Gasteiger partial charge in [-0.25, -0.2) is 17.5 Å². The molecule has 0 aliphatic rings. The van der Waals surface area contributed by atoms with Gasteiger partial charge in [0, 0.05) is 24.5 Å². The number of nitrogens with zero attached hydrogens (tertiary/aromatic N) is 2. The molecule has 0 bridgehead atoms. The van der Waals surface area contributed by atoms with Gasteiger partial charge in [0.1, 0.15) is 10.8 Å². The van der Waals surface area contributed by atoms with Gasteiger partial charge in [-0.2, -0.15) is 5.10 Å². The van der Waals surface area contributed by atoms with Gasteiger partial charge in [-0.05, 0) is 24.3 Å². The Morgan fingerprint density at radius 3 is 2.86 bits per heavy atom. The molecule has 1 aromatic carbocycles. The van der Waals surface area contributed by atoms with Crippen molar-refractivity contribution in [3.8, 4) is 0 Å². The first-order chi connectivity index (χ1) is 9.90. The lowest BCUT2D eigenvalue weighted by molar-refractivity contribution is 0.560. The normalized spacial score (nSPS) is 11.5. The van der Waals surface area contributed by atoms with Gasteiger partial charge in [-0.1, -0.05) is 12.2 Å². The molecular formula is C12H13FN4O2S2. The number of halogens is 1. The van der Waals surface area contributed by atoms with Crippen molar-refractivity contribution in [2.24, 2.45) is 5.73 Å². The highest BCUT2D eigenvalue weighted by Gasteiger charge is 2.16. The second-order valence-electron chi connectivity index (χ2n) is 4.17. The van der Waals surface area contributed by atoms with Gasteiger partial charge in [-0.3, -0.25) is 4.68 Å². The summed E-state index contributed by atoms with van der Waals surface area (Å²) >= 11 is 4.68. The Hall–Kier alpha value is -1.84.